The largest absolute Gasteiger partial charge is 0.310 e. The highest BCUT2D eigenvalue weighted by atomic mass is 16.2. The minimum atomic E-state index is -0.642. The van der Waals surface area contributed by atoms with E-state index in [0.717, 1.165) is 12.0 Å². The maximum absolute atomic E-state index is 11.1. The second kappa shape index (κ2) is 5.15. The van der Waals surface area contributed by atoms with Crippen molar-refractivity contribution in [1.82, 2.24) is 10.2 Å². The van der Waals surface area contributed by atoms with Crippen molar-refractivity contribution in [3.63, 3.8) is 0 Å². The molecule has 90 valence electrons. The lowest BCUT2D eigenvalue weighted by Crippen LogP contribution is -2.27. The molecule has 0 bridgehead atoms. The number of hydrogen-bond donors (Lipinski definition) is 2. The minimum Gasteiger partial charge on any atom is -0.302 e. The summed E-state index contributed by atoms with van der Waals surface area (Å²) in [7, 11) is 0. The molecule has 0 amide bonds. The molecule has 5 heteroatoms. The first-order chi connectivity index (χ1) is 8.69. The van der Waals surface area contributed by atoms with E-state index in [2.05, 4.69) is 16.3 Å². The van der Waals surface area contributed by atoms with Crippen LogP contribution in [0.2, 0.25) is 0 Å². The Hall–Kier alpha value is -2.61. The number of H-pyrrole nitrogens is 2. The molecule has 0 fully saturated rings. The van der Waals surface area contributed by atoms with Gasteiger partial charge in [-0.1, -0.05) is 12.1 Å². The average molecular weight is 241 g/mol. The van der Waals surface area contributed by atoms with Gasteiger partial charge >= 0.3 is 5.56 Å². The Balaban J connectivity index is 2.07. The summed E-state index contributed by atoms with van der Waals surface area (Å²) in [4.78, 5) is 22.0. The van der Waals surface area contributed by atoms with Crippen LogP contribution in [0.25, 0.3) is 0 Å². The van der Waals surface area contributed by atoms with Gasteiger partial charge in [0.2, 0.25) is 5.43 Å². The zero-order valence-electron chi connectivity index (χ0n) is 9.56. The zero-order valence-corrected chi connectivity index (χ0v) is 9.56. The predicted molar refractivity (Wildman–Crippen MR) is 66.2 cm³/mol. The molecule has 0 saturated heterocycles. The van der Waals surface area contributed by atoms with Crippen LogP contribution in [0.15, 0.2) is 39.9 Å². The number of nitrogens with one attached hydrogen (secondary N) is 2. The highest BCUT2D eigenvalue weighted by Gasteiger charge is 1.99. The van der Waals surface area contributed by atoms with Gasteiger partial charge < -0.3 is 5.10 Å². The average Bonchev–Trinajstić information content (AvgIpc) is 2.41. The first-order valence-electron chi connectivity index (χ1n) is 5.49. The molecule has 0 aliphatic rings. The van der Waals surface area contributed by atoms with Gasteiger partial charge in [0, 0.05) is 11.8 Å². The van der Waals surface area contributed by atoms with E-state index in [0.29, 0.717) is 17.7 Å². The number of benzene rings is 1. The molecule has 2 N–H and O–H groups in total. The Labute approximate surface area is 103 Å². The third-order valence-corrected chi connectivity index (χ3v) is 2.63. The number of aromatic amines is 2. The fourth-order valence-electron chi connectivity index (χ4n) is 1.62. The molecule has 18 heavy (non-hydrogen) atoms. The van der Waals surface area contributed by atoms with Gasteiger partial charge in [-0.2, -0.15) is 5.26 Å². The van der Waals surface area contributed by atoms with E-state index in [-0.39, 0.29) is 0 Å². The summed E-state index contributed by atoms with van der Waals surface area (Å²) in [5.41, 5.74) is 1.20. The lowest BCUT2D eigenvalue weighted by molar-refractivity contribution is 0.838. The number of aromatic nitrogens is 2. The molecule has 5 nitrogen and oxygen atoms in total. The third kappa shape index (κ3) is 2.74. The van der Waals surface area contributed by atoms with Gasteiger partial charge in [-0.15, -0.1) is 0 Å². The van der Waals surface area contributed by atoms with Crippen molar-refractivity contribution in [2.75, 3.05) is 0 Å². The Morgan fingerprint density at radius 1 is 1.06 bits per heavy atom. The molecule has 0 radical (unpaired) electrons. The lowest BCUT2D eigenvalue weighted by atomic mass is 10.1. The van der Waals surface area contributed by atoms with Crippen LogP contribution >= 0.6 is 0 Å². The molecule has 0 aliphatic heterocycles. The van der Waals surface area contributed by atoms with Crippen molar-refractivity contribution in [2.24, 2.45) is 0 Å². The van der Waals surface area contributed by atoms with Crippen LogP contribution in [0.4, 0.5) is 0 Å². The molecule has 0 aliphatic carbocycles. The Morgan fingerprint density at radius 3 is 2.39 bits per heavy atom. The van der Waals surface area contributed by atoms with Crippen molar-refractivity contribution >= 4 is 0 Å². The van der Waals surface area contributed by atoms with E-state index < -0.39 is 11.0 Å². The smallest absolute Gasteiger partial charge is 0.302 e. The minimum absolute atomic E-state index is 0.538. The summed E-state index contributed by atoms with van der Waals surface area (Å²) in [6.45, 7) is 0. The summed E-state index contributed by atoms with van der Waals surface area (Å²) in [6.07, 6.45) is 1.35. The van der Waals surface area contributed by atoms with Gasteiger partial charge in [-0.25, -0.2) is 0 Å². The standard InChI is InChI=1S/C13H11N3O2/c14-8-10-3-1-9(2-4-10)5-6-11-7-12(17)13(18)16-15-11/h1-4,7H,5-6H2,(H,15,17)(H,16,18). The summed E-state index contributed by atoms with van der Waals surface area (Å²) in [6, 6.07) is 10.6. The maximum Gasteiger partial charge on any atom is 0.310 e. The molecule has 0 saturated carbocycles. The molecule has 1 aromatic carbocycles. The van der Waals surface area contributed by atoms with Crippen LogP contribution in [-0.4, -0.2) is 10.2 Å². The number of nitriles is 1. The summed E-state index contributed by atoms with van der Waals surface area (Å²) < 4.78 is 0. The van der Waals surface area contributed by atoms with Crippen molar-refractivity contribution in [2.45, 2.75) is 12.8 Å². The molecular weight excluding hydrogens is 230 g/mol. The van der Waals surface area contributed by atoms with E-state index in [9.17, 15) is 9.59 Å². The monoisotopic (exact) mass is 241 g/mol. The fraction of sp³-hybridized carbons (Fsp3) is 0.154. The number of rotatable bonds is 3. The van der Waals surface area contributed by atoms with Crippen LogP contribution in [0.3, 0.4) is 0 Å². The molecule has 1 aromatic heterocycles. The van der Waals surface area contributed by atoms with Crippen LogP contribution in [0.5, 0.6) is 0 Å². The topological polar surface area (TPSA) is 89.5 Å². The summed E-state index contributed by atoms with van der Waals surface area (Å²) >= 11 is 0. The molecule has 1 heterocycles. The number of hydrogen-bond acceptors (Lipinski definition) is 3. The van der Waals surface area contributed by atoms with Gasteiger partial charge in [-0.05, 0) is 30.5 Å². The summed E-state index contributed by atoms with van der Waals surface area (Å²) in [5.74, 6) is 0. The summed E-state index contributed by atoms with van der Waals surface area (Å²) in [5, 5.41) is 13.6. The van der Waals surface area contributed by atoms with E-state index in [1.807, 2.05) is 12.1 Å². The quantitative estimate of drug-likeness (QED) is 0.776. The molecule has 2 aromatic rings. The first-order valence-corrected chi connectivity index (χ1v) is 5.49. The van der Waals surface area contributed by atoms with E-state index >= 15 is 0 Å². The highest BCUT2D eigenvalue weighted by molar-refractivity contribution is 5.31. The maximum atomic E-state index is 11.1. The van der Waals surface area contributed by atoms with E-state index in [1.165, 1.54) is 6.07 Å². The van der Waals surface area contributed by atoms with Crippen molar-refractivity contribution in [3.8, 4) is 6.07 Å². The zero-order chi connectivity index (χ0) is 13.0. The Bertz CT molecular complexity index is 690. The van der Waals surface area contributed by atoms with Gasteiger partial charge in [0.1, 0.15) is 0 Å². The van der Waals surface area contributed by atoms with Crippen LogP contribution < -0.4 is 11.0 Å². The highest BCUT2D eigenvalue weighted by Crippen LogP contribution is 2.06. The predicted octanol–water partition coefficient (Wildman–Crippen LogP) is 0.720. The van der Waals surface area contributed by atoms with Crippen LogP contribution in [0, 0.1) is 11.3 Å². The molecule has 0 atom stereocenters. The van der Waals surface area contributed by atoms with Gasteiger partial charge in [0.15, 0.2) is 0 Å². The van der Waals surface area contributed by atoms with Gasteiger partial charge in [0.05, 0.1) is 11.6 Å². The first kappa shape index (κ1) is 11.9. The van der Waals surface area contributed by atoms with E-state index in [1.54, 1.807) is 12.1 Å². The van der Waals surface area contributed by atoms with Crippen molar-refractivity contribution < 1.29 is 0 Å². The van der Waals surface area contributed by atoms with Gasteiger partial charge in [0.25, 0.3) is 0 Å². The molecule has 0 spiro atoms. The number of nitrogens with zero attached hydrogens (tertiary/aromatic N) is 1. The van der Waals surface area contributed by atoms with Crippen molar-refractivity contribution in [3.05, 3.63) is 67.7 Å². The Kier molecular flexibility index (Phi) is 3.39. The lowest BCUT2D eigenvalue weighted by Gasteiger charge is -2.01. The second-order valence-corrected chi connectivity index (χ2v) is 3.92. The molecular formula is C13H11N3O2. The van der Waals surface area contributed by atoms with Crippen molar-refractivity contribution in [1.29, 1.82) is 5.26 Å². The molecule has 0 unspecified atom stereocenters. The normalized spacial score (nSPS) is 9.94. The number of aryl methyl sites for hydroxylation is 2. The Morgan fingerprint density at radius 2 is 1.78 bits per heavy atom. The third-order valence-electron chi connectivity index (χ3n) is 2.63. The van der Waals surface area contributed by atoms with Crippen LogP contribution in [0.1, 0.15) is 16.8 Å². The second-order valence-electron chi connectivity index (χ2n) is 3.92. The fourth-order valence-corrected chi connectivity index (χ4v) is 1.62. The van der Waals surface area contributed by atoms with Gasteiger partial charge in [-0.3, -0.25) is 14.7 Å². The SMILES string of the molecule is N#Cc1ccc(CCc2cc(=O)c(=O)[nH][nH]2)cc1. The van der Waals surface area contributed by atoms with Crippen LogP contribution in [-0.2, 0) is 12.8 Å². The van der Waals surface area contributed by atoms with E-state index in [4.69, 9.17) is 5.26 Å². The molecule has 2 rings (SSSR count).